The van der Waals surface area contributed by atoms with Crippen LogP contribution in [0.25, 0.3) is 0 Å². The number of nitrogens with one attached hydrogen (secondary N) is 1. The number of rotatable bonds is 4. The van der Waals surface area contributed by atoms with Crippen molar-refractivity contribution in [2.75, 3.05) is 13.1 Å². The SMILES string of the molecule is C#Cc1ccc(C(C)(CN)CNC(=O)OC(C)(C)C)cc1. The Hall–Kier alpha value is -1.99. The van der Waals surface area contributed by atoms with Crippen molar-refractivity contribution >= 4 is 6.09 Å². The molecule has 1 rings (SSSR count). The number of ether oxygens (including phenoxy) is 1. The van der Waals surface area contributed by atoms with E-state index in [-0.39, 0.29) is 5.41 Å². The third kappa shape index (κ3) is 5.13. The maximum Gasteiger partial charge on any atom is 0.407 e. The number of nitrogens with two attached hydrogens (primary N) is 1. The Kier molecular flexibility index (Phi) is 5.40. The van der Waals surface area contributed by atoms with E-state index in [1.54, 1.807) is 0 Å². The molecule has 0 aromatic heterocycles. The smallest absolute Gasteiger partial charge is 0.407 e. The highest BCUT2D eigenvalue weighted by atomic mass is 16.6. The Balaban J connectivity index is 2.76. The van der Waals surface area contributed by atoms with E-state index in [0.717, 1.165) is 11.1 Å². The fourth-order valence-electron chi connectivity index (χ4n) is 1.84. The monoisotopic (exact) mass is 288 g/mol. The van der Waals surface area contributed by atoms with Gasteiger partial charge in [-0.2, -0.15) is 0 Å². The van der Waals surface area contributed by atoms with Crippen molar-refractivity contribution in [2.24, 2.45) is 5.73 Å². The van der Waals surface area contributed by atoms with Crippen molar-refractivity contribution in [1.29, 1.82) is 0 Å². The highest BCUT2D eigenvalue weighted by Crippen LogP contribution is 2.22. The van der Waals surface area contributed by atoms with Crippen LogP contribution in [0.4, 0.5) is 4.79 Å². The summed E-state index contributed by atoms with van der Waals surface area (Å²) in [5.74, 6) is 2.58. The zero-order valence-corrected chi connectivity index (χ0v) is 13.2. The highest BCUT2D eigenvalue weighted by Gasteiger charge is 2.27. The van der Waals surface area contributed by atoms with Crippen LogP contribution >= 0.6 is 0 Å². The molecule has 114 valence electrons. The summed E-state index contributed by atoms with van der Waals surface area (Å²) in [7, 11) is 0. The molecule has 0 heterocycles. The van der Waals surface area contributed by atoms with Crippen molar-refractivity contribution in [3.8, 4) is 12.3 Å². The van der Waals surface area contributed by atoms with Gasteiger partial charge in [0.05, 0.1) is 0 Å². The molecule has 0 fully saturated rings. The normalized spacial score (nSPS) is 13.9. The maximum atomic E-state index is 11.8. The Morgan fingerprint density at radius 1 is 1.29 bits per heavy atom. The molecule has 4 heteroatoms. The number of amides is 1. The van der Waals surface area contributed by atoms with Gasteiger partial charge in [-0.05, 0) is 38.5 Å². The van der Waals surface area contributed by atoms with Crippen LogP contribution in [-0.2, 0) is 10.2 Å². The second-order valence-corrected chi connectivity index (χ2v) is 6.34. The van der Waals surface area contributed by atoms with E-state index < -0.39 is 11.7 Å². The number of benzene rings is 1. The molecule has 0 aliphatic carbocycles. The molecule has 0 saturated carbocycles. The van der Waals surface area contributed by atoms with Gasteiger partial charge in [-0.3, -0.25) is 0 Å². The summed E-state index contributed by atoms with van der Waals surface area (Å²) in [5.41, 5.74) is 6.85. The summed E-state index contributed by atoms with van der Waals surface area (Å²) in [5, 5.41) is 2.78. The molecule has 0 spiro atoms. The summed E-state index contributed by atoms with van der Waals surface area (Å²) in [6, 6.07) is 7.63. The Bertz CT molecular complexity index is 523. The molecule has 3 N–H and O–H groups in total. The molecule has 4 nitrogen and oxygen atoms in total. The predicted octanol–water partition coefficient (Wildman–Crippen LogP) is 2.41. The second kappa shape index (κ2) is 6.64. The molecule has 21 heavy (non-hydrogen) atoms. The number of terminal acetylenes is 1. The van der Waals surface area contributed by atoms with E-state index in [1.807, 2.05) is 52.0 Å². The molecule has 0 radical (unpaired) electrons. The lowest BCUT2D eigenvalue weighted by atomic mass is 9.82. The first-order chi connectivity index (χ1) is 9.70. The molecule has 0 bridgehead atoms. The van der Waals surface area contributed by atoms with E-state index >= 15 is 0 Å². The minimum absolute atomic E-state index is 0.371. The van der Waals surface area contributed by atoms with Gasteiger partial charge in [0.15, 0.2) is 0 Å². The van der Waals surface area contributed by atoms with E-state index in [9.17, 15) is 4.79 Å². The first-order valence-corrected chi connectivity index (χ1v) is 6.94. The fraction of sp³-hybridized carbons (Fsp3) is 0.471. The van der Waals surface area contributed by atoms with Gasteiger partial charge in [0.1, 0.15) is 5.60 Å². The van der Waals surface area contributed by atoms with Crippen LogP contribution in [0.1, 0.15) is 38.8 Å². The average Bonchev–Trinajstić information content (AvgIpc) is 2.43. The van der Waals surface area contributed by atoms with Gasteiger partial charge in [0, 0.05) is 24.1 Å². The maximum absolute atomic E-state index is 11.8. The lowest BCUT2D eigenvalue weighted by Gasteiger charge is -2.29. The molecular formula is C17H24N2O2. The molecule has 1 aromatic carbocycles. The Morgan fingerprint density at radius 2 is 1.86 bits per heavy atom. The number of carbonyl (C=O) groups excluding carboxylic acids is 1. The third-order valence-electron chi connectivity index (χ3n) is 3.22. The predicted molar refractivity (Wildman–Crippen MR) is 85.0 cm³/mol. The summed E-state index contributed by atoms with van der Waals surface area (Å²) in [6.45, 7) is 8.27. The van der Waals surface area contributed by atoms with Gasteiger partial charge in [-0.1, -0.05) is 25.0 Å². The van der Waals surface area contributed by atoms with Gasteiger partial charge >= 0.3 is 6.09 Å². The zero-order valence-electron chi connectivity index (χ0n) is 13.2. The van der Waals surface area contributed by atoms with Crippen LogP contribution in [-0.4, -0.2) is 24.8 Å². The lowest BCUT2D eigenvalue weighted by Crippen LogP contribution is -2.45. The van der Waals surface area contributed by atoms with E-state index in [1.165, 1.54) is 0 Å². The van der Waals surface area contributed by atoms with Gasteiger partial charge in [-0.15, -0.1) is 6.42 Å². The summed E-state index contributed by atoms with van der Waals surface area (Å²) >= 11 is 0. The second-order valence-electron chi connectivity index (χ2n) is 6.34. The van der Waals surface area contributed by atoms with Gasteiger partial charge in [0.2, 0.25) is 0 Å². The summed E-state index contributed by atoms with van der Waals surface area (Å²) in [4.78, 5) is 11.8. The largest absolute Gasteiger partial charge is 0.444 e. The minimum Gasteiger partial charge on any atom is -0.444 e. The van der Waals surface area contributed by atoms with Crippen LogP contribution in [0, 0.1) is 12.3 Å². The first kappa shape index (κ1) is 17.1. The number of alkyl carbamates (subject to hydrolysis) is 1. The van der Waals surface area contributed by atoms with Crippen molar-refractivity contribution in [1.82, 2.24) is 5.32 Å². The molecule has 1 aromatic rings. The Morgan fingerprint density at radius 3 is 2.29 bits per heavy atom. The van der Waals surface area contributed by atoms with Crippen molar-refractivity contribution in [2.45, 2.75) is 38.7 Å². The molecule has 1 amide bonds. The highest BCUT2D eigenvalue weighted by molar-refractivity contribution is 5.67. The topological polar surface area (TPSA) is 64.3 Å². The summed E-state index contributed by atoms with van der Waals surface area (Å²) < 4.78 is 5.23. The van der Waals surface area contributed by atoms with E-state index in [4.69, 9.17) is 16.9 Å². The molecule has 0 saturated heterocycles. The van der Waals surface area contributed by atoms with Crippen molar-refractivity contribution in [3.05, 3.63) is 35.4 Å². The minimum atomic E-state index is -0.516. The molecule has 1 atom stereocenters. The van der Waals surface area contributed by atoms with Crippen LogP contribution in [0.2, 0.25) is 0 Å². The number of hydrogen-bond donors (Lipinski definition) is 2. The van der Waals surface area contributed by atoms with Crippen LogP contribution in [0.3, 0.4) is 0 Å². The molecule has 1 unspecified atom stereocenters. The lowest BCUT2D eigenvalue weighted by molar-refractivity contribution is 0.0516. The van der Waals surface area contributed by atoms with Crippen molar-refractivity contribution < 1.29 is 9.53 Å². The average molecular weight is 288 g/mol. The summed E-state index contributed by atoms with van der Waals surface area (Å²) in [6.07, 6.45) is 4.91. The third-order valence-corrected chi connectivity index (χ3v) is 3.22. The number of carbonyl (C=O) groups is 1. The fourth-order valence-corrected chi connectivity index (χ4v) is 1.84. The quantitative estimate of drug-likeness (QED) is 0.836. The van der Waals surface area contributed by atoms with Gasteiger partial charge in [0.25, 0.3) is 0 Å². The molecular weight excluding hydrogens is 264 g/mol. The van der Waals surface area contributed by atoms with Crippen LogP contribution < -0.4 is 11.1 Å². The van der Waals surface area contributed by atoms with Gasteiger partial charge < -0.3 is 15.8 Å². The Labute approximate surface area is 127 Å². The van der Waals surface area contributed by atoms with Crippen LogP contribution in [0.15, 0.2) is 24.3 Å². The van der Waals surface area contributed by atoms with Gasteiger partial charge in [-0.25, -0.2) is 4.79 Å². The molecule has 0 aliphatic rings. The standard InChI is InChI=1S/C17H24N2O2/c1-6-13-7-9-14(10-8-13)17(5,11-18)12-19-15(20)21-16(2,3)4/h1,7-10H,11-12,18H2,2-5H3,(H,19,20). The zero-order chi connectivity index (χ0) is 16.1. The van der Waals surface area contributed by atoms with E-state index in [0.29, 0.717) is 13.1 Å². The first-order valence-electron chi connectivity index (χ1n) is 6.94. The van der Waals surface area contributed by atoms with E-state index in [2.05, 4.69) is 11.2 Å². The number of hydrogen-bond acceptors (Lipinski definition) is 3. The molecule has 0 aliphatic heterocycles. The van der Waals surface area contributed by atoms with Crippen molar-refractivity contribution in [3.63, 3.8) is 0 Å². The van der Waals surface area contributed by atoms with Crippen LogP contribution in [0.5, 0.6) is 0 Å².